The van der Waals surface area contributed by atoms with E-state index in [2.05, 4.69) is 83.5 Å². The largest absolute Gasteiger partial charge is 0.310 e. The molecule has 0 aromatic rings. The van der Waals surface area contributed by atoms with Crippen LogP contribution in [0.4, 0.5) is 0 Å². The van der Waals surface area contributed by atoms with E-state index in [9.17, 15) is 0 Å². The van der Waals surface area contributed by atoms with Gasteiger partial charge in [-0.2, -0.15) is 0 Å². The lowest BCUT2D eigenvalue weighted by atomic mass is 9.77. The molecule has 3 rings (SSSR count). The van der Waals surface area contributed by atoms with Gasteiger partial charge in [0.2, 0.25) is 0 Å². The van der Waals surface area contributed by atoms with Crippen molar-refractivity contribution in [3.05, 3.63) is 72.4 Å². The zero-order valence-corrected chi connectivity index (χ0v) is 22.1. The highest BCUT2D eigenvalue weighted by molar-refractivity contribution is 5.44. The summed E-state index contributed by atoms with van der Waals surface area (Å²) in [5.41, 5.74) is 5.12. The van der Waals surface area contributed by atoms with Crippen LogP contribution >= 0.6 is 0 Å². The molecule has 176 valence electrons. The van der Waals surface area contributed by atoms with Gasteiger partial charge in [0.05, 0.1) is 0 Å². The molecule has 3 aliphatic rings. The average Bonchev–Trinajstić information content (AvgIpc) is 3.06. The molecule has 0 aromatic carbocycles. The Morgan fingerprint density at radius 1 is 1.10 bits per heavy atom. The van der Waals surface area contributed by atoms with E-state index in [1.54, 1.807) is 23.3 Å². The highest BCUT2D eigenvalue weighted by Crippen LogP contribution is 2.58. The Labute approximate surface area is 195 Å². The number of rotatable bonds is 5. The molecule has 1 saturated carbocycles. The summed E-state index contributed by atoms with van der Waals surface area (Å²) in [4.78, 5) is 0. The summed E-state index contributed by atoms with van der Waals surface area (Å²) in [6, 6.07) is 0.557. The highest BCUT2D eigenvalue weighted by atomic mass is 14.9. The maximum Gasteiger partial charge on any atom is 0.0253 e. The molecule has 0 saturated heterocycles. The number of allylic oxidation sites excluding steroid dienone is 8. The fraction of sp³-hybridized carbons (Fsp3) is 0.600. The minimum Gasteiger partial charge on any atom is -0.310 e. The Morgan fingerprint density at radius 2 is 1.71 bits per heavy atom. The molecule has 1 nitrogen and oxygen atoms in total. The molecule has 0 bridgehead atoms. The highest BCUT2D eigenvalue weighted by Gasteiger charge is 2.48. The first-order valence-electron chi connectivity index (χ1n) is 12.6. The van der Waals surface area contributed by atoms with Gasteiger partial charge in [-0.3, -0.25) is 0 Å². The van der Waals surface area contributed by atoms with Gasteiger partial charge in [0.1, 0.15) is 0 Å². The van der Waals surface area contributed by atoms with Gasteiger partial charge >= 0.3 is 0 Å². The molecule has 0 aromatic heterocycles. The quantitative estimate of drug-likeness (QED) is 0.342. The Morgan fingerprint density at radius 3 is 2.26 bits per heavy atom. The van der Waals surface area contributed by atoms with Crippen molar-refractivity contribution in [3.8, 4) is 0 Å². The van der Waals surface area contributed by atoms with E-state index < -0.39 is 0 Å². The molecular formula is C30H51N. The predicted octanol–water partition coefficient (Wildman–Crippen LogP) is 8.84. The molecule has 1 N–H and O–H groups in total. The number of nitrogens with one attached hydrogen (secondary N) is 1. The number of fused-ring (bicyclic) bond motifs is 3. The van der Waals surface area contributed by atoms with Crippen LogP contribution in [0.3, 0.4) is 0 Å². The van der Waals surface area contributed by atoms with E-state index in [-0.39, 0.29) is 5.41 Å². The van der Waals surface area contributed by atoms with Gasteiger partial charge < -0.3 is 5.32 Å². The van der Waals surface area contributed by atoms with Gasteiger partial charge in [-0.05, 0) is 50.9 Å². The second-order valence-corrected chi connectivity index (χ2v) is 8.74. The minimum atomic E-state index is 0.255. The fourth-order valence-electron chi connectivity index (χ4n) is 4.83. The van der Waals surface area contributed by atoms with Crippen molar-refractivity contribution in [2.75, 3.05) is 6.54 Å². The smallest absolute Gasteiger partial charge is 0.0253 e. The van der Waals surface area contributed by atoms with Gasteiger partial charge in [-0.1, -0.05) is 121 Å². The topological polar surface area (TPSA) is 12.0 Å². The standard InChI is InChI=1S/C22H33N.C4H6.2C2H6/c1-6-15(2)16(3)14-23-17-11-12-19-18-9-7-8-10-20(18)22(4,5)21(19)13-17;1-3-4-2;2*1-2/h6-8,10,13,16-19,23H,9,11-12,14H2,1-5H3;3-4H,1-2H2;2*1-2H3/b15-6+;;;. The normalized spacial score (nSPS) is 26.0. The van der Waals surface area contributed by atoms with Crippen LogP contribution in [-0.2, 0) is 0 Å². The summed E-state index contributed by atoms with van der Waals surface area (Å²) in [6.45, 7) is 27.4. The molecule has 4 atom stereocenters. The summed E-state index contributed by atoms with van der Waals surface area (Å²) in [7, 11) is 0. The summed E-state index contributed by atoms with van der Waals surface area (Å²) >= 11 is 0. The first-order valence-corrected chi connectivity index (χ1v) is 12.6. The third kappa shape index (κ3) is 7.79. The van der Waals surface area contributed by atoms with E-state index in [4.69, 9.17) is 0 Å². The Kier molecular flexibility index (Phi) is 14.5. The zero-order chi connectivity index (χ0) is 24.0. The molecule has 0 radical (unpaired) electrons. The molecule has 31 heavy (non-hydrogen) atoms. The molecule has 1 heteroatoms. The van der Waals surface area contributed by atoms with Crippen LogP contribution in [0.1, 0.15) is 81.6 Å². The monoisotopic (exact) mass is 425 g/mol. The second-order valence-electron chi connectivity index (χ2n) is 8.74. The van der Waals surface area contributed by atoms with Crippen molar-refractivity contribution < 1.29 is 0 Å². The van der Waals surface area contributed by atoms with Crippen molar-refractivity contribution in [3.63, 3.8) is 0 Å². The van der Waals surface area contributed by atoms with E-state index in [1.165, 1.54) is 24.8 Å². The lowest BCUT2D eigenvalue weighted by Crippen LogP contribution is -2.35. The van der Waals surface area contributed by atoms with Crippen molar-refractivity contribution in [2.45, 2.75) is 87.6 Å². The summed E-state index contributed by atoms with van der Waals surface area (Å²) < 4.78 is 0. The van der Waals surface area contributed by atoms with E-state index >= 15 is 0 Å². The molecule has 1 fully saturated rings. The fourth-order valence-corrected chi connectivity index (χ4v) is 4.83. The van der Waals surface area contributed by atoms with Crippen LogP contribution in [0.2, 0.25) is 0 Å². The van der Waals surface area contributed by atoms with Crippen LogP contribution in [0, 0.1) is 23.2 Å². The van der Waals surface area contributed by atoms with Crippen molar-refractivity contribution in [2.24, 2.45) is 23.2 Å². The molecule has 0 amide bonds. The van der Waals surface area contributed by atoms with Gasteiger partial charge in [-0.15, -0.1) is 0 Å². The van der Waals surface area contributed by atoms with E-state index in [1.807, 2.05) is 27.7 Å². The SMILES string of the molecule is C/C=C(\C)C(C)CNC1C=C2C(CC1)C1CC=CC=C1C2(C)C.C=CC=C.CC.CC. The Bertz CT molecular complexity index is 650. The molecule has 0 aliphatic heterocycles. The van der Waals surface area contributed by atoms with E-state index in [0.717, 1.165) is 18.4 Å². The van der Waals surface area contributed by atoms with Crippen molar-refractivity contribution in [1.29, 1.82) is 0 Å². The molecule has 4 unspecified atom stereocenters. The summed E-state index contributed by atoms with van der Waals surface area (Å²) in [6.07, 6.45) is 19.0. The first kappa shape index (κ1) is 29.4. The summed E-state index contributed by atoms with van der Waals surface area (Å²) in [5, 5.41) is 3.82. The zero-order valence-electron chi connectivity index (χ0n) is 22.1. The van der Waals surface area contributed by atoms with Crippen LogP contribution < -0.4 is 5.32 Å². The Hall–Kier alpha value is -1.60. The average molecular weight is 426 g/mol. The van der Waals surface area contributed by atoms with E-state index in [0.29, 0.717) is 12.0 Å². The lowest BCUT2D eigenvalue weighted by molar-refractivity contribution is 0.374. The van der Waals surface area contributed by atoms with Gasteiger partial charge in [0.15, 0.2) is 0 Å². The van der Waals surface area contributed by atoms with Gasteiger partial charge in [0.25, 0.3) is 0 Å². The van der Waals surface area contributed by atoms with Crippen LogP contribution in [-0.4, -0.2) is 12.6 Å². The van der Waals surface area contributed by atoms with Gasteiger partial charge in [-0.25, -0.2) is 0 Å². The number of hydrogen-bond acceptors (Lipinski definition) is 1. The van der Waals surface area contributed by atoms with Gasteiger partial charge in [0, 0.05) is 18.0 Å². The predicted molar refractivity (Wildman–Crippen MR) is 143 cm³/mol. The lowest BCUT2D eigenvalue weighted by Gasteiger charge is -2.32. The number of hydrogen-bond donors (Lipinski definition) is 1. The maximum atomic E-state index is 3.82. The van der Waals surface area contributed by atoms with Crippen LogP contribution in [0.15, 0.2) is 72.4 Å². The molecular weight excluding hydrogens is 374 g/mol. The van der Waals surface area contributed by atoms with Crippen LogP contribution in [0.25, 0.3) is 0 Å². The third-order valence-corrected chi connectivity index (χ3v) is 6.78. The van der Waals surface area contributed by atoms with Crippen molar-refractivity contribution in [1.82, 2.24) is 5.32 Å². The molecule has 3 aliphatic carbocycles. The van der Waals surface area contributed by atoms with Crippen molar-refractivity contribution >= 4 is 0 Å². The van der Waals surface area contributed by atoms with Crippen LogP contribution in [0.5, 0.6) is 0 Å². The Balaban J connectivity index is 0.000000992. The summed E-state index contributed by atoms with van der Waals surface area (Å²) in [5.74, 6) is 2.18. The first-order chi connectivity index (χ1) is 14.9. The molecule has 0 heterocycles. The second kappa shape index (κ2) is 15.2. The minimum absolute atomic E-state index is 0.255. The molecule has 0 spiro atoms. The third-order valence-electron chi connectivity index (χ3n) is 6.78. The maximum absolute atomic E-state index is 3.82.